The highest BCUT2D eigenvalue weighted by Crippen LogP contribution is 2.26. The molecule has 116 valence electrons. The lowest BCUT2D eigenvalue weighted by molar-refractivity contribution is 0.0220. The smallest absolute Gasteiger partial charge is 0.410 e. The summed E-state index contributed by atoms with van der Waals surface area (Å²) in [5, 5.41) is 0.478. The Kier molecular flexibility index (Phi) is 5.51. The number of carbonyl (C=O) groups excluding carboxylic acids is 1. The van der Waals surface area contributed by atoms with Crippen molar-refractivity contribution in [3.8, 4) is 0 Å². The summed E-state index contributed by atoms with van der Waals surface area (Å²) < 4.78 is 5.46. The molecule has 21 heavy (non-hydrogen) atoms. The minimum Gasteiger partial charge on any atom is -0.444 e. The number of thioether (sulfide) groups is 1. The first kappa shape index (κ1) is 16.1. The molecule has 1 aliphatic heterocycles. The number of hydrogen-bond donors (Lipinski definition) is 0. The molecule has 1 aromatic heterocycles. The summed E-state index contributed by atoms with van der Waals surface area (Å²) >= 11 is 1.90. The fourth-order valence-corrected chi connectivity index (χ4v) is 3.48. The quantitative estimate of drug-likeness (QED) is 0.853. The molecule has 1 fully saturated rings. The number of nitrogens with zero attached hydrogens (tertiary/aromatic N) is 2. The zero-order valence-corrected chi connectivity index (χ0v) is 13.9. The number of rotatable bonds is 3. The fourth-order valence-electron chi connectivity index (χ4n) is 2.26. The van der Waals surface area contributed by atoms with Crippen LogP contribution in [0.4, 0.5) is 4.79 Å². The number of ether oxygens (including phenoxy) is 1. The van der Waals surface area contributed by atoms with Crippen LogP contribution in [0.5, 0.6) is 0 Å². The van der Waals surface area contributed by atoms with Gasteiger partial charge in [0.25, 0.3) is 0 Å². The molecule has 0 N–H and O–H groups in total. The summed E-state index contributed by atoms with van der Waals surface area (Å²) in [7, 11) is 0. The van der Waals surface area contributed by atoms with Crippen molar-refractivity contribution in [2.45, 2.75) is 50.2 Å². The molecule has 0 spiro atoms. The van der Waals surface area contributed by atoms with Crippen LogP contribution < -0.4 is 0 Å². The van der Waals surface area contributed by atoms with Gasteiger partial charge in [-0.1, -0.05) is 6.07 Å². The molecule has 1 saturated heterocycles. The van der Waals surface area contributed by atoms with Crippen molar-refractivity contribution in [1.82, 2.24) is 9.88 Å². The van der Waals surface area contributed by atoms with E-state index in [1.54, 1.807) is 6.20 Å². The Bertz CT molecular complexity index is 459. The van der Waals surface area contributed by atoms with E-state index in [2.05, 4.69) is 11.1 Å². The molecule has 5 heteroatoms. The molecule has 1 aliphatic rings. The van der Waals surface area contributed by atoms with Crippen molar-refractivity contribution < 1.29 is 9.53 Å². The lowest BCUT2D eigenvalue weighted by atomic mass is 10.1. The third-order valence-corrected chi connectivity index (χ3v) is 4.59. The lowest BCUT2D eigenvalue weighted by Crippen LogP contribution is -2.43. The van der Waals surface area contributed by atoms with Crippen LogP contribution in [0, 0.1) is 0 Å². The Balaban J connectivity index is 1.82. The molecular formula is C16H24N2O2S. The van der Waals surface area contributed by atoms with Crippen LogP contribution in [0.15, 0.2) is 24.5 Å². The first-order valence-corrected chi connectivity index (χ1v) is 8.47. The molecule has 0 bridgehead atoms. The van der Waals surface area contributed by atoms with Crippen LogP contribution in [0.2, 0.25) is 0 Å². The van der Waals surface area contributed by atoms with Crippen molar-refractivity contribution in [1.29, 1.82) is 0 Å². The normalized spacial score (nSPS) is 19.4. The van der Waals surface area contributed by atoms with Gasteiger partial charge in [-0.2, -0.15) is 11.8 Å². The molecule has 0 radical (unpaired) electrons. The second-order valence-electron chi connectivity index (χ2n) is 6.36. The molecule has 2 rings (SSSR count). The number of amides is 1. The molecule has 4 nitrogen and oxygen atoms in total. The molecule has 0 aliphatic carbocycles. The van der Waals surface area contributed by atoms with E-state index in [0.29, 0.717) is 5.25 Å². The van der Waals surface area contributed by atoms with E-state index in [4.69, 9.17) is 4.74 Å². The second-order valence-corrected chi connectivity index (χ2v) is 7.65. The van der Waals surface area contributed by atoms with Crippen LogP contribution >= 0.6 is 11.8 Å². The maximum atomic E-state index is 12.1. The van der Waals surface area contributed by atoms with Gasteiger partial charge in [-0.3, -0.25) is 4.98 Å². The van der Waals surface area contributed by atoms with E-state index in [0.717, 1.165) is 31.7 Å². The third kappa shape index (κ3) is 5.58. The van der Waals surface area contributed by atoms with Crippen LogP contribution in [-0.2, 0) is 10.5 Å². The van der Waals surface area contributed by atoms with Gasteiger partial charge in [0.1, 0.15) is 5.60 Å². The first-order chi connectivity index (χ1) is 9.94. The van der Waals surface area contributed by atoms with Crippen LogP contribution in [0.1, 0.15) is 39.2 Å². The summed E-state index contributed by atoms with van der Waals surface area (Å²) in [6, 6.07) is 4.05. The Labute approximate surface area is 131 Å². The summed E-state index contributed by atoms with van der Waals surface area (Å²) in [6.07, 6.45) is 5.71. The van der Waals surface area contributed by atoms with Crippen LogP contribution in [0.25, 0.3) is 0 Å². The summed E-state index contributed by atoms with van der Waals surface area (Å²) in [5.74, 6) is 0.945. The zero-order valence-electron chi connectivity index (χ0n) is 13.0. The number of likely N-dealkylation sites (tertiary alicyclic amines) is 1. The third-order valence-electron chi connectivity index (χ3n) is 3.24. The average Bonchev–Trinajstić information content (AvgIpc) is 2.45. The monoisotopic (exact) mass is 308 g/mol. The van der Waals surface area contributed by atoms with E-state index in [1.807, 2.05) is 49.7 Å². The average molecular weight is 308 g/mol. The standard InChI is InChI=1S/C16H24N2O2S/c1-16(2,3)20-15(19)18-9-5-7-14(11-18)21-12-13-6-4-8-17-10-13/h4,6,8,10,14H,5,7,9,11-12H2,1-3H3/t14-/m1/s1. The topological polar surface area (TPSA) is 42.4 Å². The number of aromatic nitrogens is 1. The molecule has 0 aromatic carbocycles. The molecule has 1 amide bonds. The highest BCUT2D eigenvalue weighted by Gasteiger charge is 2.27. The second kappa shape index (κ2) is 7.16. The van der Waals surface area contributed by atoms with E-state index >= 15 is 0 Å². The number of pyridine rings is 1. The first-order valence-electron chi connectivity index (χ1n) is 7.42. The van der Waals surface area contributed by atoms with E-state index in [-0.39, 0.29) is 6.09 Å². The van der Waals surface area contributed by atoms with Gasteiger partial charge in [-0.15, -0.1) is 0 Å². The van der Waals surface area contributed by atoms with Crippen molar-refractivity contribution in [3.05, 3.63) is 30.1 Å². The molecular weight excluding hydrogens is 284 g/mol. The summed E-state index contributed by atoms with van der Waals surface area (Å²) in [5.41, 5.74) is 0.810. The maximum absolute atomic E-state index is 12.1. The molecule has 1 atom stereocenters. The Hall–Kier alpha value is -1.23. The predicted molar refractivity (Wildman–Crippen MR) is 86.4 cm³/mol. The zero-order chi connectivity index (χ0) is 15.3. The Morgan fingerprint density at radius 2 is 2.33 bits per heavy atom. The summed E-state index contributed by atoms with van der Waals surface area (Å²) in [4.78, 5) is 18.1. The van der Waals surface area contributed by atoms with Gasteiger partial charge in [-0.25, -0.2) is 4.79 Å². The highest BCUT2D eigenvalue weighted by molar-refractivity contribution is 7.99. The van der Waals surface area contributed by atoms with Crippen LogP contribution in [-0.4, -0.2) is 39.9 Å². The molecule has 0 saturated carbocycles. The van der Waals surface area contributed by atoms with E-state index in [1.165, 1.54) is 5.56 Å². The Morgan fingerprint density at radius 1 is 1.52 bits per heavy atom. The Morgan fingerprint density at radius 3 is 3.00 bits per heavy atom. The molecule has 1 aromatic rings. The predicted octanol–water partition coefficient (Wildman–Crippen LogP) is 3.71. The minimum atomic E-state index is -0.424. The van der Waals surface area contributed by atoms with Gasteiger partial charge < -0.3 is 9.64 Å². The molecule has 0 unspecified atom stereocenters. The van der Waals surface area contributed by atoms with Crippen molar-refractivity contribution in [3.63, 3.8) is 0 Å². The van der Waals surface area contributed by atoms with Gasteiger partial charge >= 0.3 is 6.09 Å². The number of carbonyl (C=O) groups is 1. The SMILES string of the molecule is CC(C)(C)OC(=O)N1CCC[C@@H](SCc2cccnc2)C1. The number of piperidine rings is 1. The van der Waals surface area contributed by atoms with Crippen molar-refractivity contribution in [2.24, 2.45) is 0 Å². The summed E-state index contributed by atoms with van der Waals surface area (Å²) in [6.45, 7) is 7.30. The minimum absolute atomic E-state index is 0.186. The van der Waals surface area contributed by atoms with Gasteiger partial charge in [0.2, 0.25) is 0 Å². The largest absolute Gasteiger partial charge is 0.444 e. The number of hydrogen-bond acceptors (Lipinski definition) is 4. The van der Waals surface area contributed by atoms with Crippen LogP contribution in [0.3, 0.4) is 0 Å². The van der Waals surface area contributed by atoms with E-state index < -0.39 is 5.60 Å². The fraction of sp³-hybridized carbons (Fsp3) is 0.625. The lowest BCUT2D eigenvalue weighted by Gasteiger charge is -2.33. The van der Waals surface area contributed by atoms with Crippen molar-refractivity contribution >= 4 is 17.9 Å². The maximum Gasteiger partial charge on any atom is 0.410 e. The van der Waals surface area contributed by atoms with E-state index in [9.17, 15) is 4.79 Å². The van der Waals surface area contributed by atoms with Gasteiger partial charge in [0, 0.05) is 36.5 Å². The molecule has 2 heterocycles. The highest BCUT2D eigenvalue weighted by atomic mass is 32.2. The van der Waals surface area contributed by atoms with Gasteiger partial charge in [0.05, 0.1) is 0 Å². The van der Waals surface area contributed by atoms with Gasteiger partial charge in [-0.05, 0) is 45.2 Å². The van der Waals surface area contributed by atoms with Crippen molar-refractivity contribution in [2.75, 3.05) is 13.1 Å². The van der Waals surface area contributed by atoms with Gasteiger partial charge in [0.15, 0.2) is 0 Å².